The van der Waals surface area contributed by atoms with Crippen LogP contribution in [0.15, 0.2) is 119 Å². The monoisotopic (exact) mass is 935 g/mol. The third-order valence-electron chi connectivity index (χ3n) is 12.4. The number of methoxy groups -OCH3 is 1. The number of carboxylic acids is 1. The van der Waals surface area contributed by atoms with Crippen LogP contribution in [0.25, 0.3) is 21.5 Å². The Labute approximate surface area is 375 Å². The highest BCUT2D eigenvalue weighted by molar-refractivity contribution is 7.87. The first-order chi connectivity index (χ1) is 30.2. The van der Waals surface area contributed by atoms with Crippen molar-refractivity contribution in [3.8, 4) is 0 Å². The van der Waals surface area contributed by atoms with Crippen molar-refractivity contribution in [2.45, 2.75) is 86.3 Å². The lowest BCUT2D eigenvalue weighted by Gasteiger charge is -2.30. The Bertz CT molecular complexity index is 2970. The minimum atomic E-state index is -4.95. The van der Waals surface area contributed by atoms with E-state index >= 15 is 0 Å². The molecule has 6 rings (SSSR count). The van der Waals surface area contributed by atoms with Gasteiger partial charge in [-0.1, -0.05) is 60.7 Å². The Hall–Kier alpha value is -5.01. The van der Waals surface area contributed by atoms with E-state index in [9.17, 15) is 48.8 Å². The van der Waals surface area contributed by atoms with E-state index in [1.54, 1.807) is 13.2 Å². The molecule has 2 atom stereocenters. The van der Waals surface area contributed by atoms with Gasteiger partial charge in [0, 0.05) is 73.0 Å². The van der Waals surface area contributed by atoms with Crippen molar-refractivity contribution in [2.75, 3.05) is 37.5 Å². The molecule has 17 heteroatoms. The van der Waals surface area contributed by atoms with Crippen molar-refractivity contribution in [3.63, 3.8) is 0 Å². The number of allylic oxidation sites excluding steroid dienone is 8. The van der Waals surface area contributed by atoms with Crippen molar-refractivity contribution in [2.24, 2.45) is 0 Å². The van der Waals surface area contributed by atoms with Gasteiger partial charge in [-0.05, 0) is 105 Å². The molecule has 0 aromatic heterocycles. The van der Waals surface area contributed by atoms with Gasteiger partial charge in [0.2, 0.25) is 5.69 Å². The SMILES string of the molecule is CCN1C(=CC=CC=CC=CC2=[N+](CCCCCC(=O)O)c3ccc4c(S(=O)(=O)O)cc(S(=O)(=O)O)cc4c3C2(C)CCOC)C(C)(CCCS(=O)(=O)O)c2c1ccc1ccccc21. The number of anilines is 1. The van der Waals surface area contributed by atoms with Crippen molar-refractivity contribution in [1.29, 1.82) is 0 Å². The van der Waals surface area contributed by atoms with E-state index in [1.807, 2.05) is 66.2 Å². The van der Waals surface area contributed by atoms with Crippen LogP contribution in [0.2, 0.25) is 0 Å². The van der Waals surface area contributed by atoms with Crippen molar-refractivity contribution in [1.82, 2.24) is 0 Å². The van der Waals surface area contributed by atoms with Gasteiger partial charge < -0.3 is 14.7 Å². The van der Waals surface area contributed by atoms with E-state index in [0.717, 1.165) is 39.5 Å². The highest BCUT2D eigenvalue weighted by atomic mass is 32.2. The normalized spacial score (nSPS) is 20.0. The maximum Gasteiger partial charge on any atom is 0.303 e. The van der Waals surface area contributed by atoms with E-state index < -0.39 is 56.9 Å². The Balaban J connectivity index is 1.40. The van der Waals surface area contributed by atoms with E-state index in [4.69, 9.17) is 4.74 Å². The van der Waals surface area contributed by atoms with Crippen molar-refractivity contribution < 1.29 is 58.1 Å². The minimum Gasteiger partial charge on any atom is -0.481 e. The predicted molar refractivity (Wildman–Crippen MR) is 249 cm³/mol. The fourth-order valence-corrected chi connectivity index (χ4v) is 11.3. The Morgan fingerprint density at radius 1 is 0.766 bits per heavy atom. The van der Waals surface area contributed by atoms with Crippen LogP contribution in [-0.2, 0) is 50.7 Å². The Kier molecular flexibility index (Phi) is 14.5. The van der Waals surface area contributed by atoms with Crippen LogP contribution < -0.4 is 4.90 Å². The van der Waals surface area contributed by atoms with Crippen LogP contribution in [0, 0.1) is 0 Å². The van der Waals surface area contributed by atoms with Gasteiger partial charge in [0.05, 0.1) is 16.1 Å². The zero-order valence-corrected chi connectivity index (χ0v) is 38.7. The molecular weight excluding hydrogens is 881 g/mol. The second-order valence-corrected chi connectivity index (χ2v) is 21.0. The van der Waals surface area contributed by atoms with Gasteiger partial charge >= 0.3 is 5.97 Å². The van der Waals surface area contributed by atoms with Crippen LogP contribution in [0.4, 0.5) is 11.4 Å². The molecule has 14 nitrogen and oxygen atoms in total. The average molecular weight is 936 g/mol. The van der Waals surface area contributed by atoms with Gasteiger partial charge in [0.1, 0.15) is 11.4 Å². The summed E-state index contributed by atoms with van der Waals surface area (Å²) in [4.78, 5) is 12.1. The summed E-state index contributed by atoms with van der Waals surface area (Å²) in [5, 5.41) is 11.6. The molecule has 0 saturated heterocycles. The first-order valence-corrected chi connectivity index (χ1v) is 25.5. The van der Waals surface area contributed by atoms with Gasteiger partial charge in [0.25, 0.3) is 30.4 Å². The summed E-state index contributed by atoms with van der Waals surface area (Å²) in [5.74, 6) is -1.24. The quantitative estimate of drug-likeness (QED) is 0.0283. The predicted octanol–water partition coefficient (Wildman–Crippen LogP) is 8.54. The van der Waals surface area contributed by atoms with E-state index in [1.165, 1.54) is 12.1 Å². The molecule has 0 bridgehead atoms. The van der Waals surface area contributed by atoms with Gasteiger partial charge in [0.15, 0.2) is 5.71 Å². The number of aliphatic carboxylic acids is 1. The second kappa shape index (κ2) is 19.2. The second-order valence-electron chi connectivity index (χ2n) is 16.6. The molecule has 0 amide bonds. The highest BCUT2D eigenvalue weighted by Crippen LogP contribution is 2.53. The molecule has 2 aliphatic heterocycles. The van der Waals surface area contributed by atoms with Crippen molar-refractivity contribution >= 4 is 75.0 Å². The highest BCUT2D eigenvalue weighted by Gasteiger charge is 2.49. The number of hydrogen-bond donors (Lipinski definition) is 4. The van der Waals surface area contributed by atoms with Gasteiger partial charge in [-0.2, -0.15) is 29.8 Å². The number of nitrogens with zero attached hydrogens (tertiary/aromatic N) is 2. The molecule has 342 valence electrons. The average Bonchev–Trinajstić information content (AvgIpc) is 3.61. The lowest BCUT2D eigenvalue weighted by Crippen LogP contribution is -2.33. The number of fused-ring (bicyclic) bond motifs is 6. The molecule has 0 saturated carbocycles. The molecule has 2 heterocycles. The lowest BCUT2D eigenvalue weighted by molar-refractivity contribution is -0.438. The molecular formula is C47H55N2O12S3+. The van der Waals surface area contributed by atoms with Crippen LogP contribution in [-0.4, -0.2) is 92.8 Å². The van der Waals surface area contributed by atoms with Crippen LogP contribution in [0.5, 0.6) is 0 Å². The van der Waals surface area contributed by atoms with Gasteiger partial charge in [-0.3, -0.25) is 18.5 Å². The third kappa shape index (κ3) is 10.1. The topological polar surface area (TPSA) is 216 Å². The molecule has 0 aliphatic carbocycles. The molecule has 2 unspecified atom stereocenters. The number of hydrogen-bond acceptors (Lipinski definition) is 9. The number of rotatable bonds is 20. The van der Waals surface area contributed by atoms with Gasteiger partial charge in [-0.15, -0.1) is 0 Å². The minimum absolute atomic E-state index is 0.0165. The third-order valence-corrected chi connectivity index (χ3v) is 14.9. The summed E-state index contributed by atoms with van der Waals surface area (Å²) in [6.45, 7) is 7.48. The largest absolute Gasteiger partial charge is 0.481 e. The molecule has 4 aromatic carbocycles. The smallest absolute Gasteiger partial charge is 0.303 e. The van der Waals surface area contributed by atoms with E-state index in [-0.39, 0.29) is 36.0 Å². The van der Waals surface area contributed by atoms with Gasteiger partial charge in [-0.25, -0.2) is 0 Å². The van der Waals surface area contributed by atoms with Crippen LogP contribution >= 0.6 is 0 Å². The zero-order chi connectivity index (χ0) is 46.7. The summed E-state index contributed by atoms with van der Waals surface area (Å²) in [5.41, 5.74) is 3.65. The molecule has 2 aliphatic rings. The zero-order valence-electron chi connectivity index (χ0n) is 36.3. The summed E-state index contributed by atoms with van der Waals surface area (Å²) in [7, 11) is -12.5. The summed E-state index contributed by atoms with van der Waals surface area (Å²) >= 11 is 0. The molecule has 4 N–H and O–H groups in total. The summed E-state index contributed by atoms with van der Waals surface area (Å²) < 4.78 is 111. The maximum atomic E-state index is 12.6. The number of ether oxygens (including phenoxy) is 1. The van der Waals surface area contributed by atoms with Crippen LogP contribution in [0.3, 0.4) is 0 Å². The van der Waals surface area contributed by atoms with Crippen molar-refractivity contribution in [3.05, 3.63) is 120 Å². The molecule has 0 fully saturated rings. The number of carboxylic acid groups (broad SMARTS) is 1. The number of likely N-dealkylation sites (N-methyl/N-ethyl adjacent to an activating group) is 1. The summed E-state index contributed by atoms with van der Waals surface area (Å²) in [6.07, 6.45) is 16.1. The molecule has 0 radical (unpaired) electrons. The molecule has 0 spiro atoms. The molecule has 64 heavy (non-hydrogen) atoms. The Morgan fingerprint density at radius 2 is 1.48 bits per heavy atom. The lowest BCUT2D eigenvalue weighted by atomic mass is 9.75. The number of unbranched alkanes of at least 4 members (excludes halogenated alkanes) is 2. The first kappa shape index (κ1) is 48.4. The standard InChI is InChI=1S/C47H54N2O12S3/c1-5-48-38-24-22-33-17-13-14-18-35(33)44(38)46(2,26-16-30-62(52,53)54)41(48)19-10-7-6-8-11-20-42-47(3,27-29-61-4)45-37-31-34(63(55,56)57)32-40(64(58,59)60)36(37)23-25-39(45)49(42)28-15-9-12-21-43(50)51/h6-8,10-11,13-14,17-20,22-25,31-32H,5,9,12,15-16,21,26-30H2,1-4H3,(H3-,50,51,52,53,54,55,56,57,58,59,60)/p+1. The van der Waals surface area contributed by atoms with E-state index in [0.29, 0.717) is 56.4 Å². The number of benzene rings is 4. The first-order valence-electron chi connectivity index (χ1n) is 21.0. The summed E-state index contributed by atoms with van der Waals surface area (Å²) in [6, 6.07) is 17.4. The fourth-order valence-electron chi connectivity index (χ4n) is 9.47. The fraction of sp³-hybridized carbons (Fsp3) is 0.362. The maximum absolute atomic E-state index is 12.6. The van der Waals surface area contributed by atoms with Crippen LogP contribution in [0.1, 0.15) is 76.8 Å². The Morgan fingerprint density at radius 3 is 2.16 bits per heavy atom. The number of carbonyl (C=O) groups is 1. The van der Waals surface area contributed by atoms with E-state index in [2.05, 4.69) is 43.0 Å². The molecule has 4 aromatic rings.